The van der Waals surface area contributed by atoms with E-state index in [1.807, 2.05) is 0 Å². The molecule has 1 aliphatic rings. The summed E-state index contributed by atoms with van der Waals surface area (Å²) in [6.07, 6.45) is -0.945. The maximum absolute atomic E-state index is 13.2. The van der Waals surface area contributed by atoms with E-state index in [-0.39, 0.29) is 18.4 Å². The SMILES string of the molecule is COn1c(N[C@@H](C)c2ccc(C(F)(F)F)cc2)nc2c(c1=O)CN(C(=O)C=Cc1ccc(Cl)cc1)CC2. The second-order valence-electron chi connectivity index (χ2n) is 8.52. The third-order valence-electron chi connectivity index (χ3n) is 6.06. The summed E-state index contributed by atoms with van der Waals surface area (Å²) in [5.74, 6) is -0.122. The monoisotopic (exact) mass is 532 g/mol. The van der Waals surface area contributed by atoms with Crippen LogP contribution in [0.25, 0.3) is 6.08 Å². The summed E-state index contributed by atoms with van der Waals surface area (Å²) in [6.45, 7) is 2.18. The summed E-state index contributed by atoms with van der Waals surface area (Å²) in [5, 5.41) is 3.65. The lowest BCUT2D eigenvalue weighted by molar-refractivity contribution is -0.137. The van der Waals surface area contributed by atoms with Gasteiger partial charge in [0, 0.05) is 24.1 Å². The standard InChI is InChI=1S/C26H24ClF3N4O3/c1-16(18-6-8-19(9-7-18)26(28,29)30)31-25-32-22-13-14-33(15-21(22)24(36)34(25)37-2)23(35)12-5-17-3-10-20(27)11-4-17/h3-12,16H,13-15H2,1-2H3,(H,31,32)/t16-/m0/s1. The maximum atomic E-state index is 13.2. The number of rotatable bonds is 6. The Bertz CT molecular complexity index is 1370. The molecule has 0 saturated heterocycles. The van der Waals surface area contributed by atoms with Gasteiger partial charge in [0.2, 0.25) is 11.9 Å². The van der Waals surface area contributed by atoms with E-state index < -0.39 is 23.3 Å². The van der Waals surface area contributed by atoms with Crippen LogP contribution in [-0.2, 0) is 23.9 Å². The van der Waals surface area contributed by atoms with E-state index in [0.717, 1.165) is 22.4 Å². The van der Waals surface area contributed by atoms with Crippen molar-refractivity contribution in [2.24, 2.45) is 0 Å². The minimum Gasteiger partial charge on any atom is -0.411 e. The average Bonchev–Trinajstić information content (AvgIpc) is 2.88. The van der Waals surface area contributed by atoms with Crippen LogP contribution in [0.4, 0.5) is 19.1 Å². The van der Waals surface area contributed by atoms with Crippen LogP contribution in [0.15, 0.2) is 59.4 Å². The zero-order chi connectivity index (χ0) is 26.7. The number of carbonyl (C=O) groups excluding carboxylic acids is 1. The van der Waals surface area contributed by atoms with Gasteiger partial charge in [0.05, 0.1) is 29.4 Å². The lowest BCUT2D eigenvalue weighted by atomic mass is 10.1. The van der Waals surface area contributed by atoms with Crippen LogP contribution < -0.4 is 15.7 Å². The molecule has 1 atom stereocenters. The first-order valence-electron chi connectivity index (χ1n) is 11.4. The number of benzene rings is 2. The van der Waals surface area contributed by atoms with Gasteiger partial charge < -0.3 is 15.1 Å². The molecule has 0 fully saturated rings. The molecule has 4 rings (SSSR count). The average molecular weight is 533 g/mol. The summed E-state index contributed by atoms with van der Waals surface area (Å²) in [4.78, 5) is 37.3. The van der Waals surface area contributed by atoms with Crippen molar-refractivity contribution in [2.75, 3.05) is 19.0 Å². The number of aromatic nitrogens is 2. The predicted octanol–water partition coefficient (Wildman–Crippen LogP) is 4.75. The van der Waals surface area contributed by atoms with Gasteiger partial charge in [-0.25, -0.2) is 4.98 Å². The minimum atomic E-state index is -4.42. The fraction of sp³-hybridized carbons (Fsp3) is 0.269. The molecule has 11 heteroatoms. The largest absolute Gasteiger partial charge is 0.416 e. The van der Waals surface area contributed by atoms with E-state index in [0.29, 0.717) is 34.8 Å². The number of anilines is 1. The lowest BCUT2D eigenvalue weighted by Crippen LogP contribution is -2.42. The molecule has 37 heavy (non-hydrogen) atoms. The first-order chi connectivity index (χ1) is 17.6. The van der Waals surface area contributed by atoms with Crippen LogP contribution in [0.1, 0.15) is 40.9 Å². The Kier molecular flexibility index (Phi) is 7.58. The quantitative estimate of drug-likeness (QED) is 0.464. The fourth-order valence-electron chi connectivity index (χ4n) is 3.99. The molecule has 0 saturated carbocycles. The van der Waals surface area contributed by atoms with Crippen LogP contribution in [0.2, 0.25) is 5.02 Å². The van der Waals surface area contributed by atoms with Crippen molar-refractivity contribution in [1.29, 1.82) is 0 Å². The highest BCUT2D eigenvalue weighted by atomic mass is 35.5. The van der Waals surface area contributed by atoms with Gasteiger partial charge >= 0.3 is 6.18 Å². The first kappa shape index (κ1) is 26.3. The minimum absolute atomic E-state index is 0.0725. The van der Waals surface area contributed by atoms with E-state index in [1.165, 1.54) is 25.3 Å². The van der Waals surface area contributed by atoms with Crippen molar-refractivity contribution in [3.8, 4) is 0 Å². The first-order valence-corrected chi connectivity index (χ1v) is 11.8. The highest BCUT2D eigenvalue weighted by Crippen LogP contribution is 2.30. The summed E-state index contributed by atoms with van der Waals surface area (Å²) < 4.78 is 39.6. The molecule has 1 amide bonds. The van der Waals surface area contributed by atoms with Gasteiger partial charge in [-0.1, -0.05) is 35.9 Å². The molecule has 1 aromatic heterocycles. The Morgan fingerprint density at radius 2 is 1.84 bits per heavy atom. The number of hydrogen-bond acceptors (Lipinski definition) is 5. The molecule has 194 valence electrons. The van der Waals surface area contributed by atoms with E-state index in [2.05, 4.69) is 10.3 Å². The Balaban J connectivity index is 1.51. The number of nitrogens with zero attached hydrogens (tertiary/aromatic N) is 3. The van der Waals surface area contributed by atoms with Gasteiger partial charge in [0.25, 0.3) is 5.56 Å². The molecular weight excluding hydrogens is 509 g/mol. The highest BCUT2D eigenvalue weighted by Gasteiger charge is 2.30. The number of fused-ring (bicyclic) bond motifs is 1. The summed E-state index contributed by atoms with van der Waals surface area (Å²) >= 11 is 5.89. The lowest BCUT2D eigenvalue weighted by Gasteiger charge is -2.28. The van der Waals surface area contributed by atoms with Gasteiger partial charge in [-0.15, -0.1) is 4.73 Å². The zero-order valence-corrected chi connectivity index (χ0v) is 20.8. The van der Waals surface area contributed by atoms with Gasteiger partial charge in [-0.2, -0.15) is 13.2 Å². The Morgan fingerprint density at radius 1 is 1.16 bits per heavy atom. The third kappa shape index (κ3) is 5.96. The third-order valence-corrected chi connectivity index (χ3v) is 6.31. The smallest absolute Gasteiger partial charge is 0.411 e. The summed E-state index contributed by atoms with van der Waals surface area (Å²) in [7, 11) is 1.31. The maximum Gasteiger partial charge on any atom is 0.416 e. The number of carbonyl (C=O) groups is 1. The molecule has 0 radical (unpaired) electrons. The van der Waals surface area contributed by atoms with E-state index in [1.54, 1.807) is 42.2 Å². The predicted molar refractivity (Wildman–Crippen MR) is 134 cm³/mol. The van der Waals surface area contributed by atoms with Crippen molar-refractivity contribution in [3.63, 3.8) is 0 Å². The molecule has 0 unspecified atom stereocenters. The Labute approximate surface area is 216 Å². The van der Waals surface area contributed by atoms with Crippen molar-refractivity contribution in [2.45, 2.75) is 32.1 Å². The topological polar surface area (TPSA) is 76.5 Å². The number of halogens is 4. The molecule has 0 spiro atoms. The molecule has 3 aromatic rings. The van der Waals surface area contributed by atoms with Crippen LogP contribution in [0.3, 0.4) is 0 Å². The summed E-state index contributed by atoms with van der Waals surface area (Å²) in [6, 6.07) is 11.3. The number of amides is 1. The van der Waals surface area contributed by atoms with E-state index in [9.17, 15) is 22.8 Å². The Morgan fingerprint density at radius 3 is 2.46 bits per heavy atom. The van der Waals surface area contributed by atoms with Crippen LogP contribution in [0, 0.1) is 0 Å². The van der Waals surface area contributed by atoms with E-state index >= 15 is 0 Å². The van der Waals surface area contributed by atoms with Crippen LogP contribution >= 0.6 is 11.6 Å². The van der Waals surface area contributed by atoms with E-state index in [4.69, 9.17) is 16.4 Å². The van der Waals surface area contributed by atoms with Crippen molar-refractivity contribution >= 4 is 29.5 Å². The van der Waals surface area contributed by atoms with Crippen molar-refractivity contribution < 1.29 is 22.8 Å². The van der Waals surface area contributed by atoms with Gasteiger partial charge in [0.15, 0.2) is 0 Å². The molecule has 0 bridgehead atoms. The second kappa shape index (κ2) is 10.7. The molecule has 2 heterocycles. The number of alkyl halides is 3. The molecule has 1 N–H and O–H groups in total. The number of hydrogen-bond donors (Lipinski definition) is 1. The van der Waals surface area contributed by atoms with Crippen molar-refractivity contribution in [3.05, 3.63) is 97.9 Å². The fourth-order valence-corrected chi connectivity index (χ4v) is 4.12. The highest BCUT2D eigenvalue weighted by molar-refractivity contribution is 6.30. The molecule has 0 aliphatic carbocycles. The van der Waals surface area contributed by atoms with Gasteiger partial charge in [0.1, 0.15) is 7.11 Å². The molecule has 2 aromatic carbocycles. The second-order valence-corrected chi connectivity index (χ2v) is 8.96. The molecule has 1 aliphatic heterocycles. The Hall–Kier alpha value is -3.79. The van der Waals surface area contributed by atoms with Crippen molar-refractivity contribution in [1.82, 2.24) is 14.6 Å². The molecular formula is C26H24ClF3N4O3. The number of nitrogens with one attached hydrogen (secondary N) is 1. The molecule has 7 nitrogen and oxygen atoms in total. The van der Waals surface area contributed by atoms with Gasteiger partial charge in [-0.05, 0) is 48.4 Å². The summed E-state index contributed by atoms with van der Waals surface area (Å²) in [5.41, 5.74) is 1.06. The normalized spacial score (nSPS) is 14.4. The zero-order valence-electron chi connectivity index (χ0n) is 20.1. The van der Waals surface area contributed by atoms with Crippen LogP contribution in [0.5, 0.6) is 0 Å². The van der Waals surface area contributed by atoms with Crippen LogP contribution in [-0.4, -0.2) is 34.2 Å². The van der Waals surface area contributed by atoms with Gasteiger partial charge in [-0.3, -0.25) is 9.59 Å².